The highest BCUT2D eigenvalue weighted by Gasteiger charge is 2.32. The predicted octanol–water partition coefficient (Wildman–Crippen LogP) is 1.70. The molecule has 118 valence electrons. The summed E-state index contributed by atoms with van der Waals surface area (Å²) in [5, 5.41) is 17.9. The van der Waals surface area contributed by atoms with E-state index < -0.39 is 0 Å². The molecule has 6 heteroatoms. The van der Waals surface area contributed by atoms with E-state index in [9.17, 15) is 4.79 Å². The Morgan fingerprint density at radius 1 is 1.45 bits per heavy atom. The summed E-state index contributed by atoms with van der Waals surface area (Å²) < 4.78 is 5.33. The van der Waals surface area contributed by atoms with E-state index >= 15 is 0 Å². The number of rotatable bonds is 5. The number of amides is 2. The maximum Gasteiger partial charge on any atom is 0.319 e. The van der Waals surface area contributed by atoms with Crippen LogP contribution >= 0.6 is 0 Å². The highest BCUT2D eigenvalue weighted by Crippen LogP contribution is 2.28. The summed E-state index contributed by atoms with van der Waals surface area (Å²) in [6.07, 6.45) is 1.95. The standard InChI is InChI=1S/C16H22N4O2/c1-22-12-16(5-7-18-8-6-16)11-19-15(21)20-14-4-2-3-13(9-14)10-17/h2-4,9,18H,5-8,11-12H2,1H3,(H2,19,20,21). The number of anilines is 1. The molecule has 2 amide bonds. The number of benzene rings is 1. The van der Waals surface area contributed by atoms with Crippen molar-refractivity contribution < 1.29 is 9.53 Å². The van der Waals surface area contributed by atoms with E-state index in [4.69, 9.17) is 10.00 Å². The van der Waals surface area contributed by atoms with Gasteiger partial charge >= 0.3 is 6.03 Å². The number of ether oxygens (including phenoxy) is 1. The molecule has 1 aliphatic heterocycles. The number of nitriles is 1. The van der Waals surface area contributed by atoms with Crippen molar-refractivity contribution >= 4 is 11.7 Å². The Morgan fingerprint density at radius 3 is 2.91 bits per heavy atom. The molecule has 1 aromatic rings. The molecule has 0 aliphatic carbocycles. The summed E-state index contributed by atoms with van der Waals surface area (Å²) in [6, 6.07) is 8.64. The van der Waals surface area contributed by atoms with Crippen LogP contribution in [0.4, 0.5) is 10.5 Å². The van der Waals surface area contributed by atoms with E-state index in [-0.39, 0.29) is 11.4 Å². The van der Waals surface area contributed by atoms with Crippen molar-refractivity contribution in [3.8, 4) is 6.07 Å². The molecular weight excluding hydrogens is 280 g/mol. The van der Waals surface area contributed by atoms with Crippen LogP contribution in [0.2, 0.25) is 0 Å². The second-order valence-electron chi connectivity index (χ2n) is 5.68. The molecule has 0 spiro atoms. The molecule has 1 aliphatic rings. The summed E-state index contributed by atoms with van der Waals surface area (Å²) in [4.78, 5) is 12.0. The first-order valence-electron chi connectivity index (χ1n) is 7.42. The van der Waals surface area contributed by atoms with E-state index in [1.54, 1.807) is 31.4 Å². The van der Waals surface area contributed by atoms with Gasteiger partial charge in [-0.15, -0.1) is 0 Å². The third kappa shape index (κ3) is 4.45. The van der Waals surface area contributed by atoms with Crippen molar-refractivity contribution in [1.82, 2.24) is 10.6 Å². The number of carbonyl (C=O) groups excluding carboxylic acids is 1. The van der Waals surface area contributed by atoms with Crippen molar-refractivity contribution in [3.63, 3.8) is 0 Å². The van der Waals surface area contributed by atoms with Crippen LogP contribution in [0.15, 0.2) is 24.3 Å². The van der Waals surface area contributed by atoms with Gasteiger partial charge in [0.05, 0.1) is 18.2 Å². The lowest BCUT2D eigenvalue weighted by molar-refractivity contribution is 0.0558. The third-order valence-electron chi connectivity index (χ3n) is 3.99. The van der Waals surface area contributed by atoms with Gasteiger partial charge in [-0.25, -0.2) is 4.79 Å². The van der Waals surface area contributed by atoms with E-state index in [2.05, 4.69) is 22.0 Å². The first kappa shape index (κ1) is 16.3. The van der Waals surface area contributed by atoms with Gasteiger partial charge in [-0.3, -0.25) is 0 Å². The first-order valence-corrected chi connectivity index (χ1v) is 7.42. The molecule has 0 saturated carbocycles. The quantitative estimate of drug-likeness (QED) is 0.772. The average Bonchev–Trinajstić information content (AvgIpc) is 2.54. The second-order valence-corrected chi connectivity index (χ2v) is 5.68. The monoisotopic (exact) mass is 302 g/mol. The van der Waals surface area contributed by atoms with Crippen LogP contribution in [0.1, 0.15) is 18.4 Å². The fourth-order valence-corrected chi connectivity index (χ4v) is 2.75. The molecule has 0 aromatic heterocycles. The maximum atomic E-state index is 12.0. The number of hydrogen-bond acceptors (Lipinski definition) is 4. The van der Waals surface area contributed by atoms with E-state index in [0.717, 1.165) is 25.9 Å². The number of carbonyl (C=O) groups is 1. The van der Waals surface area contributed by atoms with Gasteiger partial charge in [0.15, 0.2) is 0 Å². The molecule has 0 radical (unpaired) electrons. The number of piperidine rings is 1. The highest BCUT2D eigenvalue weighted by molar-refractivity contribution is 5.89. The second kappa shape index (κ2) is 7.78. The average molecular weight is 302 g/mol. The molecular formula is C16H22N4O2. The number of nitrogens with zero attached hydrogens (tertiary/aromatic N) is 1. The zero-order valence-corrected chi connectivity index (χ0v) is 12.8. The molecule has 2 rings (SSSR count). The largest absolute Gasteiger partial charge is 0.384 e. The number of urea groups is 1. The lowest BCUT2D eigenvalue weighted by Crippen LogP contribution is -2.47. The summed E-state index contributed by atoms with van der Waals surface area (Å²) in [5.41, 5.74) is 1.13. The topological polar surface area (TPSA) is 86.2 Å². The Balaban J connectivity index is 1.89. The maximum absolute atomic E-state index is 12.0. The van der Waals surface area contributed by atoms with Gasteiger partial charge in [-0.2, -0.15) is 5.26 Å². The fourth-order valence-electron chi connectivity index (χ4n) is 2.75. The minimum Gasteiger partial charge on any atom is -0.384 e. The molecule has 1 fully saturated rings. The van der Waals surface area contributed by atoms with Crippen LogP contribution in [-0.4, -0.2) is 39.4 Å². The smallest absolute Gasteiger partial charge is 0.319 e. The number of hydrogen-bond donors (Lipinski definition) is 3. The summed E-state index contributed by atoms with van der Waals surface area (Å²) in [6.45, 7) is 3.10. The van der Waals surface area contributed by atoms with Crippen molar-refractivity contribution in [2.24, 2.45) is 5.41 Å². The normalized spacial score (nSPS) is 16.5. The van der Waals surface area contributed by atoms with Gasteiger partial charge in [0.1, 0.15) is 0 Å². The Morgan fingerprint density at radius 2 is 2.23 bits per heavy atom. The Kier molecular flexibility index (Phi) is 5.75. The highest BCUT2D eigenvalue weighted by atomic mass is 16.5. The van der Waals surface area contributed by atoms with Gasteiger partial charge in [0, 0.05) is 24.8 Å². The molecule has 0 bridgehead atoms. The van der Waals surface area contributed by atoms with Gasteiger partial charge in [-0.1, -0.05) is 6.07 Å². The van der Waals surface area contributed by atoms with Crippen LogP contribution in [0, 0.1) is 16.7 Å². The Hall–Kier alpha value is -2.10. The Labute approximate surface area is 130 Å². The molecule has 1 heterocycles. The van der Waals surface area contributed by atoms with Crippen LogP contribution < -0.4 is 16.0 Å². The summed E-state index contributed by atoms with van der Waals surface area (Å²) >= 11 is 0. The molecule has 1 aromatic carbocycles. The number of methoxy groups -OCH3 is 1. The first-order chi connectivity index (χ1) is 10.7. The SMILES string of the molecule is COCC1(CNC(=O)Nc2cccc(C#N)c2)CCNCC1. The van der Waals surface area contributed by atoms with Crippen molar-refractivity contribution in [2.45, 2.75) is 12.8 Å². The van der Waals surface area contributed by atoms with Crippen LogP contribution in [0.25, 0.3) is 0 Å². The third-order valence-corrected chi connectivity index (χ3v) is 3.99. The molecule has 6 nitrogen and oxygen atoms in total. The van der Waals surface area contributed by atoms with E-state index in [0.29, 0.717) is 24.4 Å². The van der Waals surface area contributed by atoms with Crippen molar-refractivity contribution in [2.75, 3.05) is 38.7 Å². The van der Waals surface area contributed by atoms with E-state index in [1.807, 2.05) is 0 Å². The lowest BCUT2D eigenvalue weighted by atomic mass is 9.79. The summed E-state index contributed by atoms with van der Waals surface area (Å²) in [7, 11) is 1.69. The van der Waals surface area contributed by atoms with Crippen LogP contribution in [0.5, 0.6) is 0 Å². The Bertz CT molecular complexity index is 542. The van der Waals surface area contributed by atoms with Gasteiger partial charge in [0.25, 0.3) is 0 Å². The molecule has 0 atom stereocenters. The van der Waals surface area contributed by atoms with Crippen LogP contribution in [0.3, 0.4) is 0 Å². The zero-order chi connectivity index (χ0) is 15.8. The van der Waals surface area contributed by atoms with Crippen LogP contribution in [-0.2, 0) is 4.74 Å². The zero-order valence-electron chi connectivity index (χ0n) is 12.8. The minimum atomic E-state index is -0.260. The van der Waals surface area contributed by atoms with Gasteiger partial charge in [-0.05, 0) is 44.1 Å². The fraction of sp³-hybridized carbons (Fsp3) is 0.500. The van der Waals surface area contributed by atoms with E-state index in [1.165, 1.54) is 0 Å². The lowest BCUT2D eigenvalue weighted by Gasteiger charge is -2.37. The van der Waals surface area contributed by atoms with Crippen molar-refractivity contribution in [3.05, 3.63) is 29.8 Å². The number of nitrogens with one attached hydrogen (secondary N) is 3. The minimum absolute atomic E-state index is 0.00809. The molecule has 3 N–H and O–H groups in total. The predicted molar refractivity (Wildman–Crippen MR) is 84.6 cm³/mol. The summed E-state index contributed by atoms with van der Waals surface area (Å²) in [5.74, 6) is 0. The molecule has 1 saturated heterocycles. The molecule has 22 heavy (non-hydrogen) atoms. The van der Waals surface area contributed by atoms with Gasteiger partial charge < -0.3 is 20.7 Å². The van der Waals surface area contributed by atoms with Crippen molar-refractivity contribution in [1.29, 1.82) is 5.26 Å². The van der Waals surface area contributed by atoms with Gasteiger partial charge in [0.2, 0.25) is 0 Å². The molecule has 0 unspecified atom stereocenters.